The molecule has 0 N–H and O–H groups in total. The number of carbonyl (C=O) groups is 1. The Morgan fingerprint density at radius 1 is 1.16 bits per heavy atom. The molecule has 0 bridgehead atoms. The SMILES string of the molecule is COOCc1c(C(C)C)nc2c(c1-c1ccc(F)cc1)C(=O)CCC2. The summed E-state index contributed by atoms with van der Waals surface area (Å²) in [6.45, 7) is 4.30. The average Bonchev–Trinajstić information content (AvgIpc) is 2.60. The number of ketones is 1. The average molecular weight is 343 g/mol. The molecule has 2 aromatic rings. The number of halogens is 1. The van der Waals surface area contributed by atoms with Gasteiger partial charge in [-0.3, -0.25) is 9.78 Å². The van der Waals surface area contributed by atoms with Gasteiger partial charge in [-0.15, -0.1) is 0 Å². The number of pyridine rings is 1. The molecule has 0 saturated carbocycles. The second kappa shape index (κ2) is 7.42. The van der Waals surface area contributed by atoms with Crippen molar-refractivity contribution in [2.75, 3.05) is 7.11 Å². The summed E-state index contributed by atoms with van der Waals surface area (Å²) in [5, 5.41) is 0. The number of carbonyl (C=O) groups excluding carboxylic acids is 1. The summed E-state index contributed by atoms with van der Waals surface area (Å²) in [5.74, 6) is -0.0594. The topological polar surface area (TPSA) is 48.4 Å². The van der Waals surface area contributed by atoms with Crippen LogP contribution in [-0.4, -0.2) is 17.9 Å². The Balaban J connectivity index is 2.31. The van der Waals surface area contributed by atoms with Crippen molar-refractivity contribution in [3.8, 4) is 11.1 Å². The van der Waals surface area contributed by atoms with Crippen LogP contribution in [-0.2, 0) is 22.8 Å². The van der Waals surface area contributed by atoms with E-state index in [4.69, 9.17) is 14.8 Å². The van der Waals surface area contributed by atoms with Gasteiger partial charge in [-0.25, -0.2) is 14.2 Å². The molecule has 1 heterocycles. The van der Waals surface area contributed by atoms with Gasteiger partial charge in [0.15, 0.2) is 5.78 Å². The number of fused-ring (bicyclic) bond motifs is 1. The molecule has 1 aliphatic carbocycles. The first-order chi connectivity index (χ1) is 12.0. The lowest BCUT2D eigenvalue weighted by atomic mass is 9.83. The second-order valence-electron chi connectivity index (χ2n) is 6.54. The molecular formula is C20H22FNO3. The van der Waals surface area contributed by atoms with Gasteiger partial charge < -0.3 is 0 Å². The van der Waals surface area contributed by atoms with E-state index in [1.54, 1.807) is 12.1 Å². The van der Waals surface area contributed by atoms with Crippen LogP contribution >= 0.6 is 0 Å². The van der Waals surface area contributed by atoms with Gasteiger partial charge in [-0.1, -0.05) is 26.0 Å². The second-order valence-corrected chi connectivity index (χ2v) is 6.54. The van der Waals surface area contributed by atoms with E-state index in [9.17, 15) is 9.18 Å². The Morgan fingerprint density at radius 2 is 1.88 bits per heavy atom. The highest BCUT2D eigenvalue weighted by atomic mass is 19.1. The lowest BCUT2D eigenvalue weighted by Gasteiger charge is -2.24. The minimum absolute atomic E-state index is 0.0852. The van der Waals surface area contributed by atoms with Gasteiger partial charge in [0.1, 0.15) is 12.4 Å². The summed E-state index contributed by atoms with van der Waals surface area (Å²) in [6.07, 6.45) is 2.10. The van der Waals surface area contributed by atoms with E-state index in [2.05, 4.69) is 13.8 Å². The minimum atomic E-state index is -0.309. The Kier molecular flexibility index (Phi) is 5.25. The molecule has 0 unspecified atom stereocenters. The van der Waals surface area contributed by atoms with Gasteiger partial charge in [0, 0.05) is 28.8 Å². The predicted molar refractivity (Wildman–Crippen MR) is 92.8 cm³/mol. The molecule has 0 amide bonds. The summed E-state index contributed by atoms with van der Waals surface area (Å²) < 4.78 is 13.4. The maximum Gasteiger partial charge on any atom is 0.165 e. The van der Waals surface area contributed by atoms with Gasteiger partial charge in [0.2, 0.25) is 0 Å². The van der Waals surface area contributed by atoms with Crippen LogP contribution in [0.1, 0.15) is 59.9 Å². The van der Waals surface area contributed by atoms with Crippen molar-refractivity contribution < 1.29 is 19.0 Å². The van der Waals surface area contributed by atoms with Gasteiger partial charge >= 0.3 is 0 Å². The van der Waals surface area contributed by atoms with E-state index >= 15 is 0 Å². The van der Waals surface area contributed by atoms with Crippen LogP contribution in [0.3, 0.4) is 0 Å². The van der Waals surface area contributed by atoms with Crippen molar-refractivity contribution in [2.24, 2.45) is 0 Å². The number of Topliss-reactive ketones (excluding diaryl/α,β-unsaturated/α-hetero) is 1. The molecule has 0 atom stereocenters. The van der Waals surface area contributed by atoms with Crippen LogP contribution in [0.25, 0.3) is 11.1 Å². The number of rotatable bonds is 5. The van der Waals surface area contributed by atoms with Gasteiger partial charge in [0.25, 0.3) is 0 Å². The lowest BCUT2D eigenvalue weighted by Crippen LogP contribution is -2.19. The molecule has 0 fully saturated rings. The molecule has 25 heavy (non-hydrogen) atoms. The number of benzene rings is 1. The van der Waals surface area contributed by atoms with E-state index < -0.39 is 0 Å². The highest BCUT2D eigenvalue weighted by Crippen LogP contribution is 2.37. The van der Waals surface area contributed by atoms with Crippen molar-refractivity contribution in [1.29, 1.82) is 0 Å². The van der Waals surface area contributed by atoms with E-state index in [1.807, 2.05) is 0 Å². The Hall–Kier alpha value is -2.11. The van der Waals surface area contributed by atoms with Gasteiger partial charge in [0.05, 0.1) is 12.8 Å². The molecule has 3 rings (SSSR count). The van der Waals surface area contributed by atoms with Crippen LogP contribution in [0.4, 0.5) is 4.39 Å². The fourth-order valence-electron chi connectivity index (χ4n) is 3.39. The molecule has 0 saturated heterocycles. The van der Waals surface area contributed by atoms with E-state index in [-0.39, 0.29) is 24.1 Å². The minimum Gasteiger partial charge on any atom is -0.294 e. The summed E-state index contributed by atoms with van der Waals surface area (Å²) in [5.41, 5.74) is 4.81. The largest absolute Gasteiger partial charge is 0.294 e. The number of hydrogen-bond donors (Lipinski definition) is 0. The third-order valence-corrected chi connectivity index (χ3v) is 4.50. The molecule has 1 aliphatic rings. The molecule has 1 aromatic heterocycles. The third-order valence-electron chi connectivity index (χ3n) is 4.50. The molecule has 1 aromatic carbocycles. The summed E-state index contributed by atoms with van der Waals surface area (Å²) in [7, 11) is 1.45. The van der Waals surface area contributed by atoms with Crippen LogP contribution in [0.2, 0.25) is 0 Å². The zero-order valence-corrected chi connectivity index (χ0v) is 14.8. The molecule has 0 spiro atoms. The summed E-state index contributed by atoms with van der Waals surface area (Å²) in [4.78, 5) is 27.4. The first-order valence-corrected chi connectivity index (χ1v) is 8.53. The zero-order valence-electron chi connectivity index (χ0n) is 14.8. The fraction of sp³-hybridized carbons (Fsp3) is 0.400. The number of aromatic nitrogens is 1. The summed E-state index contributed by atoms with van der Waals surface area (Å²) in [6, 6.07) is 6.22. The summed E-state index contributed by atoms with van der Waals surface area (Å²) >= 11 is 0. The van der Waals surface area contributed by atoms with Crippen LogP contribution in [0, 0.1) is 5.82 Å². The maximum atomic E-state index is 13.4. The maximum absolute atomic E-state index is 13.4. The lowest BCUT2D eigenvalue weighted by molar-refractivity contribution is -0.282. The molecular weight excluding hydrogens is 321 g/mol. The first-order valence-electron chi connectivity index (χ1n) is 8.53. The van der Waals surface area contributed by atoms with Crippen LogP contribution in [0.5, 0.6) is 0 Å². The Bertz CT molecular complexity index is 785. The van der Waals surface area contributed by atoms with Crippen molar-refractivity contribution in [2.45, 2.75) is 45.6 Å². The standard InChI is InChI=1S/C20H22FNO3/c1-12(2)20-15(11-25-24-3)18(13-7-9-14(21)10-8-13)19-16(22-20)5-4-6-17(19)23/h7-10,12H,4-6,11H2,1-3H3. The highest BCUT2D eigenvalue weighted by molar-refractivity contribution is 6.05. The Labute approximate surface area is 146 Å². The molecule has 5 heteroatoms. The predicted octanol–water partition coefficient (Wildman–Crippen LogP) is 4.61. The number of nitrogens with zero attached hydrogens (tertiary/aromatic N) is 1. The monoisotopic (exact) mass is 343 g/mol. The van der Waals surface area contributed by atoms with Crippen molar-refractivity contribution >= 4 is 5.78 Å². The molecule has 4 nitrogen and oxygen atoms in total. The number of hydrogen-bond acceptors (Lipinski definition) is 4. The van der Waals surface area contributed by atoms with Crippen LogP contribution in [0.15, 0.2) is 24.3 Å². The smallest absolute Gasteiger partial charge is 0.165 e. The molecule has 0 radical (unpaired) electrons. The first kappa shape index (κ1) is 17.7. The number of aryl methyl sites for hydroxylation is 1. The Morgan fingerprint density at radius 3 is 2.52 bits per heavy atom. The van der Waals surface area contributed by atoms with Crippen molar-refractivity contribution in [1.82, 2.24) is 4.98 Å². The van der Waals surface area contributed by atoms with Gasteiger partial charge in [-0.2, -0.15) is 0 Å². The quantitative estimate of drug-likeness (QED) is 0.588. The third kappa shape index (κ3) is 3.48. The van der Waals surface area contributed by atoms with Gasteiger partial charge in [-0.05, 0) is 36.5 Å². The normalized spacial score (nSPS) is 14.0. The van der Waals surface area contributed by atoms with E-state index in [0.29, 0.717) is 12.0 Å². The van der Waals surface area contributed by atoms with Crippen molar-refractivity contribution in [3.05, 3.63) is 52.6 Å². The van der Waals surface area contributed by atoms with E-state index in [0.717, 1.165) is 40.9 Å². The zero-order chi connectivity index (χ0) is 18.0. The van der Waals surface area contributed by atoms with Crippen molar-refractivity contribution in [3.63, 3.8) is 0 Å². The molecule has 0 aliphatic heterocycles. The molecule has 132 valence electrons. The highest BCUT2D eigenvalue weighted by Gasteiger charge is 2.28. The van der Waals surface area contributed by atoms with Crippen LogP contribution < -0.4 is 0 Å². The van der Waals surface area contributed by atoms with E-state index in [1.165, 1.54) is 19.2 Å². The fourth-order valence-corrected chi connectivity index (χ4v) is 3.39.